The second kappa shape index (κ2) is 6.14. The monoisotopic (exact) mass is 355 g/mol. The number of nitrogens with zero attached hydrogens (tertiary/aromatic N) is 1. The summed E-state index contributed by atoms with van der Waals surface area (Å²) >= 11 is 2.92. The number of hydrogen-bond acceptors (Lipinski definition) is 5. The molecule has 0 fully saturated rings. The second-order valence-electron chi connectivity index (χ2n) is 4.99. The molecule has 0 spiro atoms. The second-order valence-corrected chi connectivity index (χ2v) is 7.11. The van der Waals surface area contributed by atoms with E-state index in [-0.39, 0.29) is 5.82 Å². The summed E-state index contributed by atoms with van der Waals surface area (Å²) in [7, 11) is 0. The summed E-state index contributed by atoms with van der Waals surface area (Å²) in [6.45, 7) is 0. The van der Waals surface area contributed by atoms with Crippen LogP contribution in [-0.2, 0) is 0 Å². The summed E-state index contributed by atoms with van der Waals surface area (Å²) in [5.41, 5.74) is 0.946. The highest BCUT2D eigenvalue weighted by atomic mass is 32.1. The van der Waals surface area contributed by atoms with Gasteiger partial charge in [-0.25, -0.2) is 14.2 Å². The minimum Gasteiger partial charge on any atom is -0.422 e. The number of esters is 1. The van der Waals surface area contributed by atoms with Crippen LogP contribution in [0, 0.1) is 5.82 Å². The molecule has 0 N–H and O–H groups in total. The molecule has 6 heteroatoms. The number of ether oxygens (including phenoxy) is 1. The van der Waals surface area contributed by atoms with E-state index in [4.69, 9.17) is 4.74 Å². The minimum absolute atomic E-state index is 0.316. The van der Waals surface area contributed by atoms with Gasteiger partial charge in [-0.1, -0.05) is 12.1 Å². The molecule has 0 saturated carbocycles. The quantitative estimate of drug-likeness (QED) is 0.366. The normalized spacial score (nSPS) is 10.9. The molecule has 0 bridgehead atoms. The van der Waals surface area contributed by atoms with Gasteiger partial charge in [0.25, 0.3) is 0 Å². The average molecular weight is 355 g/mol. The zero-order valence-electron chi connectivity index (χ0n) is 12.2. The molecule has 0 radical (unpaired) electrons. The zero-order valence-corrected chi connectivity index (χ0v) is 13.9. The third-order valence-electron chi connectivity index (χ3n) is 3.34. The van der Waals surface area contributed by atoms with E-state index in [1.807, 2.05) is 30.3 Å². The number of halogens is 1. The molecule has 0 saturated heterocycles. The van der Waals surface area contributed by atoms with E-state index < -0.39 is 5.97 Å². The summed E-state index contributed by atoms with van der Waals surface area (Å²) in [6.07, 6.45) is 0. The number of thiazole rings is 1. The Hall–Kier alpha value is -2.57. The van der Waals surface area contributed by atoms with E-state index in [9.17, 15) is 9.18 Å². The van der Waals surface area contributed by atoms with Gasteiger partial charge < -0.3 is 4.74 Å². The molecule has 2 aromatic carbocycles. The number of aromatic nitrogens is 1. The number of para-hydroxylation sites is 1. The van der Waals surface area contributed by atoms with Gasteiger partial charge in [0.1, 0.15) is 21.5 Å². The van der Waals surface area contributed by atoms with Crippen LogP contribution in [0.1, 0.15) is 9.67 Å². The fourth-order valence-electron chi connectivity index (χ4n) is 2.20. The molecule has 118 valence electrons. The molecular weight excluding hydrogens is 345 g/mol. The Labute approximate surface area is 145 Å². The van der Waals surface area contributed by atoms with Crippen molar-refractivity contribution in [2.24, 2.45) is 0 Å². The Morgan fingerprint density at radius 2 is 1.75 bits per heavy atom. The molecule has 4 rings (SSSR count). The van der Waals surface area contributed by atoms with E-state index in [0.717, 1.165) is 20.1 Å². The molecule has 2 heterocycles. The van der Waals surface area contributed by atoms with Crippen LogP contribution >= 0.6 is 22.7 Å². The van der Waals surface area contributed by atoms with Gasteiger partial charge in [-0.2, -0.15) is 0 Å². The molecule has 0 aliphatic carbocycles. The summed E-state index contributed by atoms with van der Waals surface area (Å²) in [5.74, 6) is -0.514. The Kier molecular flexibility index (Phi) is 3.84. The van der Waals surface area contributed by atoms with Crippen molar-refractivity contribution in [1.82, 2.24) is 4.98 Å². The molecule has 2 aromatic heterocycles. The largest absolute Gasteiger partial charge is 0.422 e. The molecule has 0 aliphatic heterocycles. The number of fused-ring (bicyclic) bond motifs is 1. The van der Waals surface area contributed by atoms with Crippen molar-refractivity contribution in [1.29, 1.82) is 0 Å². The molecule has 0 aliphatic rings. The highest BCUT2D eigenvalue weighted by Crippen LogP contribution is 2.34. The van der Waals surface area contributed by atoms with Crippen LogP contribution in [-0.4, -0.2) is 11.0 Å². The molecule has 0 amide bonds. The Morgan fingerprint density at radius 3 is 2.54 bits per heavy atom. The third kappa shape index (κ3) is 2.93. The lowest BCUT2D eigenvalue weighted by Gasteiger charge is -2.01. The van der Waals surface area contributed by atoms with Crippen LogP contribution < -0.4 is 4.74 Å². The SMILES string of the molecule is O=C(Oc1ccc(F)cc1)c1ccc(-c2nc3ccccc3s2)s1. The van der Waals surface area contributed by atoms with Crippen LogP contribution in [0.5, 0.6) is 5.75 Å². The summed E-state index contributed by atoms with van der Waals surface area (Å²) in [6, 6.07) is 16.9. The molecule has 3 nitrogen and oxygen atoms in total. The maximum atomic E-state index is 12.9. The van der Waals surface area contributed by atoms with Crippen molar-refractivity contribution in [3.63, 3.8) is 0 Å². The first-order valence-electron chi connectivity index (χ1n) is 7.12. The van der Waals surface area contributed by atoms with Crippen LogP contribution in [0.25, 0.3) is 20.1 Å². The van der Waals surface area contributed by atoms with Crippen molar-refractivity contribution >= 4 is 38.9 Å². The predicted molar refractivity (Wildman–Crippen MR) is 94.3 cm³/mol. The average Bonchev–Trinajstić information content (AvgIpc) is 3.23. The lowest BCUT2D eigenvalue weighted by molar-refractivity contribution is 0.0739. The summed E-state index contributed by atoms with van der Waals surface area (Å²) < 4.78 is 19.2. The van der Waals surface area contributed by atoms with Crippen molar-refractivity contribution in [2.45, 2.75) is 0 Å². The number of hydrogen-bond donors (Lipinski definition) is 0. The van der Waals surface area contributed by atoms with E-state index in [1.54, 1.807) is 17.4 Å². The molecule has 0 unspecified atom stereocenters. The van der Waals surface area contributed by atoms with Crippen molar-refractivity contribution in [3.05, 3.63) is 71.4 Å². The number of benzene rings is 2. The van der Waals surface area contributed by atoms with Gasteiger partial charge in [0.2, 0.25) is 0 Å². The van der Waals surface area contributed by atoms with Crippen LogP contribution in [0.2, 0.25) is 0 Å². The van der Waals surface area contributed by atoms with E-state index in [1.165, 1.54) is 35.6 Å². The van der Waals surface area contributed by atoms with Crippen LogP contribution in [0.4, 0.5) is 4.39 Å². The lowest BCUT2D eigenvalue weighted by Crippen LogP contribution is -2.06. The van der Waals surface area contributed by atoms with Crippen molar-refractivity contribution in [2.75, 3.05) is 0 Å². The van der Waals surface area contributed by atoms with Gasteiger partial charge in [0.15, 0.2) is 0 Å². The summed E-state index contributed by atoms with van der Waals surface area (Å²) in [5, 5.41) is 0.877. The lowest BCUT2D eigenvalue weighted by atomic mass is 10.3. The number of thiophene rings is 1. The molecule has 24 heavy (non-hydrogen) atoms. The van der Waals surface area contributed by atoms with Crippen molar-refractivity contribution in [3.8, 4) is 15.6 Å². The van der Waals surface area contributed by atoms with Crippen molar-refractivity contribution < 1.29 is 13.9 Å². The summed E-state index contributed by atoms with van der Waals surface area (Å²) in [4.78, 5) is 18.2. The first kappa shape index (κ1) is 15.0. The smallest absolute Gasteiger partial charge is 0.353 e. The highest BCUT2D eigenvalue weighted by Gasteiger charge is 2.15. The standard InChI is InChI=1S/C18H10FNO2S2/c19-11-5-7-12(8-6-11)22-18(21)16-10-9-15(23-16)17-20-13-3-1-2-4-14(13)24-17/h1-10H. The maximum absolute atomic E-state index is 12.9. The van der Waals surface area contributed by atoms with Gasteiger partial charge in [0.05, 0.1) is 15.1 Å². The fourth-order valence-corrected chi connectivity index (χ4v) is 4.10. The Balaban J connectivity index is 1.57. The van der Waals surface area contributed by atoms with E-state index in [2.05, 4.69) is 4.98 Å². The van der Waals surface area contributed by atoms with Gasteiger partial charge in [-0.15, -0.1) is 22.7 Å². The van der Waals surface area contributed by atoms with Gasteiger partial charge in [-0.05, 0) is 48.5 Å². The van der Waals surface area contributed by atoms with Gasteiger partial charge in [0, 0.05) is 0 Å². The Bertz CT molecular complexity index is 988. The molecule has 0 atom stereocenters. The third-order valence-corrected chi connectivity index (χ3v) is 5.61. The first-order chi connectivity index (χ1) is 11.7. The molecular formula is C18H10FNO2S2. The maximum Gasteiger partial charge on any atom is 0.353 e. The fraction of sp³-hybridized carbons (Fsp3) is 0. The topological polar surface area (TPSA) is 39.2 Å². The Morgan fingerprint density at radius 1 is 0.958 bits per heavy atom. The number of carbonyl (C=O) groups is 1. The minimum atomic E-state index is -0.459. The first-order valence-corrected chi connectivity index (χ1v) is 8.76. The van der Waals surface area contributed by atoms with Crippen LogP contribution in [0.15, 0.2) is 60.7 Å². The van der Waals surface area contributed by atoms with Gasteiger partial charge >= 0.3 is 5.97 Å². The van der Waals surface area contributed by atoms with Crippen LogP contribution in [0.3, 0.4) is 0 Å². The molecule has 4 aromatic rings. The van der Waals surface area contributed by atoms with E-state index in [0.29, 0.717) is 10.6 Å². The van der Waals surface area contributed by atoms with Gasteiger partial charge in [-0.3, -0.25) is 0 Å². The predicted octanol–water partition coefficient (Wildman–Crippen LogP) is 5.38. The number of rotatable bonds is 3. The zero-order chi connectivity index (χ0) is 16.5. The highest BCUT2D eigenvalue weighted by molar-refractivity contribution is 7.26. The van der Waals surface area contributed by atoms with E-state index >= 15 is 0 Å². The number of carbonyl (C=O) groups excluding carboxylic acids is 1.